The molecule has 0 saturated carbocycles. The van der Waals surface area contributed by atoms with Crippen LogP contribution in [0.1, 0.15) is 0 Å². The van der Waals surface area contributed by atoms with E-state index in [1.807, 2.05) is 0 Å². The van der Waals surface area contributed by atoms with Gasteiger partial charge in [-0.25, -0.2) is 13.4 Å². The summed E-state index contributed by atoms with van der Waals surface area (Å²) in [6.45, 7) is 0.243. The molecule has 0 amide bonds. The molecular weight excluding hydrogens is 428 g/mol. The van der Waals surface area contributed by atoms with E-state index in [1.165, 1.54) is 31.4 Å². The van der Waals surface area contributed by atoms with Crippen LogP contribution in [-0.2, 0) is 25.7 Å². The van der Waals surface area contributed by atoms with Crippen LogP contribution in [0.4, 0.5) is 0 Å². The van der Waals surface area contributed by atoms with E-state index < -0.39 is 21.0 Å². The van der Waals surface area contributed by atoms with Gasteiger partial charge in [-0.15, -0.1) is 0 Å². The number of thiazole rings is 1. The third kappa shape index (κ3) is 4.50. The largest absolute Gasteiger partial charge is 0.611 e. The zero-order valence-corrected chi connectivity index (χ0v) is 17.4. The van der Waals surface area contributed by atoms with Crippen LogP contribution in [0.15, 0.2) is 62.9 Å². The van der Waals surface area contributed by atoms with E-state index in [1.54, 1.807) is 24.5 Å². The standard InChI is InChI=1S/C17H15ClN2O4S3/c1-24-9-10-26(21)17-16(20-15(25-17)12-3-2-8-19-11-12)27(22,23)14-6-4-13(18)5-7-14/h2-8,11H,9-10H2,1H3. The Bertz CT molecular complexity index is 1010. The number of hydrogen-bond donors (Lipinski definition) is 0. The topological polar surface area (TPSA) is 92.2 Å². The fourth-order valence-electron chi connectivity index (χ4n) is 2.20. The van der Waals surface area contributed by atoms with E-state index in [-0.39, 0.29) is 26.5 Å². The van der Waals surface area contributed by atoms with Crippen molar-refractivity contribution in [1.82, 2.24) is 9.97 Å². The molecule has 0 bridgehead atoms. The lowest BCUT2D eigenvalue weighted by Crippen LogP contribution is -2.14. The summed E-state index contributed by atoms with van der Waals surface area (Å²) in [4.78, 5) is 8.38. The Morgan fingerprint density at radius 2 is 2.00 bits per heavy atom. The van der Waals surface area contributed by atoms with E-state index in [4.69, 9.17) is 16.3 Å². The van der Waals surface area contributed by atoms with Gasteiger partial charge in [-0.2, -0.15) is 0 Å². The van der Waals surface area contributed by atoms with Crippen LogP contribution in [0.2, 0.25) is 5.02 Å². The number of sulfone groups is 1. The Hall–Kier alpha value is -1.49. The molecule has 1 atom stereocenters. The first-order chi connectivity index (χ1) is 12.9. The molecule has 27 heavy (non-hydrogen) atoms. The summed E-state index contributed by atoms with van der Waals surface area (Å²) >= 11 is 5.37. The molecule has 2 aromatic heterocycles. The number of hydrogen-bond acceptors (Lipinski definition) is 7. The maximum absolute atomic E-state index is 13.1. The highest BCUT2D eigenvalue weighted by Crippen LogP contribution is 2.36. The first kappa shape index (κ1) is 20.2. The molecule has 2 heterocycles. The Labute approximate surface area is 169 Å². The van der Waals surface area contributed by atoms with Gasteiger partial charge in [-0.05, 0) is 36.4 Å². The van der Waals surface area contributed by atoms with Crippen molar-refractivity contribution in [3.05, 3.63) is 53.8 Å². The SMILES string of the molecule is COCC[S+]([O-])c1sc(-c2cccnc2)nc1S(=O)(=O)c1ccc(Cl)cc1. The lowest BCUT2D eigenvalue weighted by molar-refractivity contribution is 0.217. The first-order valence-corrected chi connectivity index (χ1v) is 11.7. The Morgan fingerprint density at radius 3 is 2.63 bits per heavy atom. The average Bonchev–Trinajstić information content (AvgIpc) is 3.13. The molecule has 3 aromatic rings. The van der Waals surface area contributed by atoms with Gasteiger partial charge in [0.1, 0.15) is 10.8 Å². The minimum absolute atomic E-state index is 0.0416. The zero-order valence-electron chi connectivity index (χ0n) is 14.2. The lowest BCUT2D eigenvalue weighted by Gasteiger charge is -2.09. The summed E-state index contributed by atoms with van der Waals surface area (Å²) in [6.07, 6.45) is 3.19. The molecule has 1 aromatic carbocycles. The quantitative estimate of drug-likeness (QED) is 0.520. The van der Waals surface area contributed by atoms with Gasteiger partial charge in [0.2, 0.25) is 19.1 Å². The van der Waals surface area contributed by atoms with Crippen LogP contribution in [-0.4, -0.2) is 42.4 Å². The summed E-state index contributed by atoms with van der Waals surface area (Å²) in [5.41, 5.74) is 0.657. The van der Waals surface area contributed by atoms with Crippen molar-refractivity contribution < 1.29 is 17.7 Å². The third-order valence-corrected chi connectivity index (χ3v) is 8.59. The number of ether oxygens (including phenoxy) is 1. The molecule has 0 aliphatic heterocycles. The minimum Gasteiger partial charge on any atom is -0.611 e. The average molecular weight is 443 g/mol. The second kappa shape index (κ2) is 8.68. The number of halogens is 1. The summed E-state index contributed by atoms with van der Waals surface area (Å²) in [5, 5.41) is 0.659. The van der Waals surface area contributed by atoms with E-state index >= 15 is 0 Å². The van der Waals surface area contributed by atoms with Gasteiger partial charge in [0, 0.05) is 41.3 Å². The van der Waals surface area contributed by atoms with Crippen molar-refractivity contribution in [2.24, 2.45) is 0 Å². The van der Waals surface area contributed by atoms with Gasteiger partial charge in [0.25, 0.3) is 0 Å². The number of methoxy groups -OCH3 is 1. The number of aromatic nitrogens is 2. The summed E-state index contributed by atoms with van der Waals surface area (Å²) in [6, 6.07) is 9.29. The number of pyridine rings is 1. The lowest BCUT2D eigenvalue weighted by atomic mass is 10.3. The second-order valence-corrected chi connectivity index (χ2v) is 10.4. The second-order valence-electron chi connectivity index (χ2n) is 5.35. The van der Waals surface area contributed by atoms with E-state index in [2.05, 4.69) is 9.97 Å². The maximum atomic E-state index is 13.1. The number of benzene rings is 1. The molecular formula is C17H15ClN2O4S3. The molecule has 1 unspecified atom stereocenters. The highest BCUT2D eigenvalue weighted by atomic mass is 35.5. The Morgan fingerprint density at radius 1 is 1.26 bits per heavy atom. The van der Waals surface area contributed by atoms with Gasteiger partial charge >= 0.3 is 0 Å². The molecule has 0 fully saturated rings. The molecule has 0 aliphatic rings. The Balaban J connectivity index is 2.11. The molecule has 3 rings (SSSR count). The van der Waals surface area contributed by atoms with Gasteiger partial charge in [-0.3, -0.25) is 4.98 Å². The highest BCUT2D eigenvalue weighted by Gasteiger charge is 2.33. The van der Waals surface area contributed by atoms with Crippen LogP contribution in [0, 0.1) is 0 Å². The summed E-state index contributed by atoms with van der Waals surface area (Å²) in [7, 11) is -2.46. The van der Waals surface area contributed by atoms with Crippen molar-refractivity contribution in [1.29, 1.82) is 0 Å². The smallest absolute Gasteiger partial charge is 0.246 e. The molecule has 0 aliphatic carbocycles. The summed E-state index contributed by atoms with van der Waals surface area (Å²) in [5.74, 6) is 0.175. The summed E-state index contributed by atoms with van der Waals surface area (Å²) < 4.78 is 44.1. The van der Waals surface area contributed by atoms with Gasteiger partial charge < -0.3 is 9.29 Å². The number of rotatable bonds is 7. The maximum Gasteiger partial charge on any atom is 0.246 e. The number of nitrogens with zero attached hydrogens (tertiary/aromatic N) is 2. The van der Waals surface area contributed by atoms with E-state index in [9.17, 15) is 13.0 Å². The third-order valence-electron chi connectivity index (χ3n) is 3.53. The molecule has 6 nitrogen and oxygen atoms in total. The van der Waals surface area contributed by atoms with E-state index in [0.29, 0.717) is 15.6 Å². The van der Waals surface area contributed by atoms with Crippen LogP contribution in [0.25, 0.3) is 10.6 Å². The molecule has 0 N–H and O–H groups in total. The van der Waals surface area contributed by atoms with Crippen LogP contribution >= 0.6 is 22.9 Å². The molecule has 0 saturated heterocycles. The van der Waals surface area contributed by atoms with Crippen LogP contribution in [0.3, 0.4) is 0 Å². The molecule has 0 radical (unpaired) electrons. The molecule has 142 valence electrons. The van der Waals surface area contributed by atoms with Gasteiger partial charge in [0.15, 0.2) is 0 Å². The van der Waals surface area contributed by atoms with Crippen molar-refractivity contribution in [3.63, 3.8) is 0 Å². The monoisotopic (exact) mass is 442 g/mol. The fourth-order valence-corrected chi connectivity index (χ4v) is 6.88. The van der Waals surface area contributed by atoms with E-state index in [0.717, 1.165) is 11.3 Å². The first-order valence-electron chi connectivity index (χ1n) is 7.72. The van der Waals surface area contributed by atoms with Gasteiger partial charge in [-0.1, -0.05) is 22.9 Å². The van der Waals surface area contributed by atoms with Crippen LogP contribution < -0.4 is 0 Å². The van der Waals surface area contributed by atoms with Crippen molar-refractivity contribution in [3.8, 4) is 10.6 Å². The Kier molecular flexibility index (Phi) is 6.51. The molecule has 10 heteroatoms. The normalized spacial score (nSPS) is 12.9. The minimum atomic E-state index is -3.96. The van der Waals surface area contributed by atoms with Crippen LogP contribution in [0.5, 0.6) is 0 Å². The van der Waals surface area contributed by atoms with Gasteiger partial charge in [0.05, 0.1) is 11.5 Å². The molecule has 0 spiro atoms. The predicted molar refractivity (Wildman–Crippen MR) is 105 cm³/mol. The fraction of sp³-hybridized carbons (Fsp3) is 0.176. The highest BCUT2D eigenvalue weighted by molar-refractivity contribution is 7.96. The zero-order chi connectivity index (χ0) is 19.4. The van der Waals surface area contributed by atoms with Crippen molar-refractivity contribution >= 4 is 44.0 Å². The van der Waals surface area contributed by atoms with Crippen molar-refractivity contribution in [2.75, 3.05) is 19.5 Å². The van der Waals surface area contributed by atoms with Crippen molar-refractivity contribution in [2.45, 2.75) is 14.1 Å². The predicted octanol–water partition coefficient (Wildman–Crippen LogP) is 3.45.